The molecule has 7 unspecified atom stereocenters. The summed E-state index contributed by atoms with van der Waals surface area (Å²) in [5.41, 5.74) is 5.91. The van der Waals surface area contributed by atoms with Crippen LogP contribution in [0.5, 0.6) is 11.5 Å². The van der Waals surface area contributed by atoms with E-state index in [4.69, 9.17) is 25.4 Å². The molecule has 2 aromatic heterocycles. The van der Waals surface area contributed by atoms with Crippen LogP contribution in [0.25, 0.3) is 11.2 Å². The first-order valence-electron chi connectivity index (χ1n) is 18.2. The minimum Gasteiger partial charge on any atom is -0.504 e. The number of carbonyl (C=O) groups is 3. The van der Waals surface area contributed by atoms with Crippen LogP contribution >= 0.6 is 35.2 Å². The van der Waals surface area contributed by atoms with Crippen molar-refractivity contribution in [1.29, 1.82) is 0 Å². The molecular weight excluding hydrogens is 927 g/mol. The fraction of sp³-hybridized carbons (Fsp3) is 0.548. The van der Waals surface area contributed by atoms with Gasteiger partial charge in [0.25, 0.3) is 0 Å². The molecular formula is C31H48N9O19P3S. The number of aliphatic hydroxyl groups is 2. The van der Waals surface area contributed by atoms with Gasteiger partial charge in [0.15, 0.2) is 29.2 Å². The molecule has 0 spiro atoms. The average Bonchev–Trinajstić information content (AvgIpc) is 3.75. The summed E-state index contributed by atoms with van der Waals surface area (Å²) in [5.74, 6) is 3.47. The Morgan fingerprint density at radius 3 is 2.33 bits per heavy atom. The van der Waals surface area contributed by atoms with E-state index in [2.05, 4.69) is 39.8 Å². The Hall–Kier alpha value is -3.70. The van der Waals surface area contributed by atoms with E-state index in [9.17, 15) is 68.1 Å². The Kier molecular flexibility index (Phi) is 17.4. The first kappa shape index (κ1) is 51.9. The number of carbonyl (C=O) groups excluding carboxylic acids is 3. The molecule has 3 heterocycles. The van der Waals surface area contributed by atoms with Crippen LogP contribution in [0.15, 0.2) is 30.9 Å². The van der Waals surface area contributed by atoms with Gasteiger partial charge in [-0.1, -0.05) is 31.7 Å². The van der Waals surface area contributed by atoms with Gasteiger partial charge in [0, 0.05) is 30.7 Å². The number of nitrogens with zero attached hydrogens (tertiary/aromatic N) is 4. The van der Waals surface area contributed by atoms with Gasteiger partial charge < -0.3 is 61.1 Å². The molecule has 1 aliphatic rings. The second kappa shape index (κ2) is 21.1. The molecule has 352 valence electrons. The molecule has 63 heavy (non-hydrogen) atoms. The van der Waals surface area contributed by atoms with Crippen LogP contribution in [0, 0.1) is 5.41 Å². The molecule has 0 radical (unpaired) electrons. The topological polar surface area (TPSA) is 442 Å². The van der Waals surface area contributed by atoms with Gasteiger partial charge in [0.1, 0.15) is 41.8 Å². The van der Waals surface area contributed by atoms with Crippen molar-refractivity contribution >= 4 is 69.1 Å². The van der Waals surface area contributed by atoms with Crippen LogP contribution in [0.1, 0.15) is 39.0 Å². The van der Waals surface area contributed by atoms with Crippen LogP contribution < -0.4 is 27.6 Å². The fourth-order valence-electron chi connectivity index (χ4n) is 5.70. The number of ether oxygens (including phenoxy) is 1. The molecule has 1 fully saturated rings. The predicted octanol–water partition coefficient (Wildman–Crippen LogP) is -1.46. The summed E-state index contributed by atoms with van der Waals surface area (Å²) in [5, 5.41) is 45.3. The number of aliphatic hydroxyl groups excluding tert-OH is 2. The normalized spacial score (nSPS) is 21.6. The van der Waals surface area contributed by atoms with Crippen LogP contribution in [0.2, 0.25) is 0 Å². The van der Waals surface area contributed by atoms with E-state index >= 15 is 0 Å². The van der Waals surface area contributed by atoms with Crippen molar-refractivity contribution in [3.05, 3.63) is 36.4 Å². The van der Waals surface area contributed by atoms with Gasteiger partial charge in [0.2, 0.25) is 16.9 Å². The third-order valence-corrected chi connectivity index (χ3v) is 13.3. The number of phosphoric acid groups is 3. The molecule has 0 aliphatic carbocycles. The predicted molar refractivity (Wildman–Crippen MR) is 216 cm³/mol. The highest BCUT2D eigenvalue weighted by molar-refractivity contribution is 8.13. The minimum absolute atomic E-state index is 0.0169. The molecule has 3 aromatic rings. The van der Waals surface area contributed by atoms with Crippen LogP contribution in [-0.2, 0) is 57.1 Å². The lowest BCUT2D eigenvalue weighted by atomic mass is 9.87. The maximum absolute atomic E-state index is 12.9. The van der Waals surface area contributed by atoms with Gasteiger partial charge in [-0.05, 0) is 31.0 Å². The zero-order chi connectivity index (χ0) is 47.1. The molecule has 0 saturated carbocycles. The molecule has 8 atom stereocenters. The number of hydrazine groups is 1. The summed E-state index contributed by atoms with van der Waals surface area (Å²) >= 11 is 0.874. The van der Waals surface area contributed by atoms with Crippen molar-refractivity contribution in [1.82, 2.24) is 35.6 Å². The van der Waals surface area contributed by atoms with Crippen molar-refractivity contribution in [3.63, 3.8) is 0 Å². The SMILES string of the molecule is CC(C)(COP(=O)(O)OP(=O)(O)OCC1OC(n2cnc3c(N)ncnc32)C(O)C1OP(=O)(O)O)C(O)C(=O)NCCC(=O)NCCSC(=O)[C@](C)(Cc1ccc(O)c(O)c1)NN. The summed E-state index contributed by atoms with van der Waals surface area (Å²) in [6, 6.07) is 4.08. The number of thioether (sulfide) groups is 1. The maximum atomic E-state index is 12.9. The number of amides is 2. The molecule has 15 N–H and O–H groups in total. The van der Waals surface area contributed by atoms with Crippen molar-refractivity contribution in [3.8, 4) is 11.5 Å². The number of hydrogen-bond donors (Lipinski definition) is 13. The molecule has 1 saturated heterocycles. The van der Waals surface area contributed by atoms with Gasteiger partial charge in [-0.15, -0.1) is 0 Å². The largest absolute Gasteiger partial charge is 0.504 e. The van der Waals surface area contributed by atoms with Crippen LogP contribution in [0.3, 0.4) is 0 Å². The number of phenols is 2. The van der Waals surface area contributed by atoms with E-state index in [0.29, 0.717) is 5.56 Å². The molecule has 0 bridgehead atoms. The highest BCUT2D eigenvalue weighted by Crippen LogP contribution is 2.61. The Bertz CT molecular complexity index is 2270. The van der Waals surface area contributed by atoms with Crippen LogP contribution in [0.4, 0.5) is 5.82 Å². The number of nitrogen functional groups attached to an aromatic ring is 1. The number of rotatable bonds is 23. The summed E-state index contributed by atoms with van der Waals surface area (Å²) in [4.78, 5) is 88.9. The molecule has 32 heteroatoms. The van der Waals surface area contributed by atoms with Gasteiger partial charge in [0.05, 0.1) is 19.5 Å². The van der Waals surface area contributed by atoms with Crippen molar-refractivity contribution < 1.29 is 90.7 Å². The number of hydrogen-bond acceptors (Lipinski definition) is 22. The van der Waals surface area contributed by atoms with E-state index in [1.54, 1.807) is 6.92 Å². The van der Waals surface area contributed by atoms with Gasteiger partial charge >= 0.3 is 23.5 Å². The van der Waals surface area contributed by atoms with E-state index < -0.39 is 90.1 Å². The van der Waals surface area contributed by atoms with Crippen LogP contribution in [-0.4, -0.2) is 138 Å². The Balaban J connectivity index is 1.21. The number of nitrogens with one attached hydrogen (secondary N) is 3. The summed E-state index contributed by atoms with van der Waals surface area (Å²) < 4.78 is 62.2. The number of phosphoric ester groups is 3. The minimum atomic E-state index is -5.61. The maximum Gasteiger partial charge on any atom is 0.481 e. The van der Waals surface area contributed by atoms with Crippen molar-refractivity contribution in [2.24, 2.45) is 11.3 Å². The smallest absolute Gasteiger partial charge is 0.481 e. The number of imidazole rings is 1. The zero-order valence-electron chi connectivity index (χ0n) is 33.5. The molecule has 1 aliphatic heterocycles. The molecule has 1 aromatic carbocycles. The lowest BCUT2D eigenvalue weighted by Crippen LogP contribution is -2.53. The van der Waals surface area contributed by atoms with E-state index in [1.807, 2.05) is 0 Å². The number of phenolic OH excluding ortho intramolecular Hbond substituents is 2. The second-order valence-electron chi connectivity index (χ2n) is 14.7. The van der Waals surface area contributed by atoms with Gasteiger partial charge in [-0.2, -0.15) is 4.31 Å². The highest BCUT2D eigenvalue weighted by atomic mass is 32.2. The van der Waals surface area contributed by atoms with E-state index in [1.165, 1.54) is 32.0 Å². The monoisotopic (exact) mass is 975 g/mol. The Labute approximate surface area is 361 Å². The standard InChI is InChI=1S/C31H48N9O19P3S/c1-30(2,24(45)27(46)35-7-6-20(43)34-8-9-63-29(47)31(3,39-33)11-16-4-5-17(41)18(42)10-16)13-56-62(53,54)59-61(51,52)55-12-19-23(58-60(48,49)50)22(44)28(57-19)40-15-38-21-25(32)36-14-37-26(21)40/h4-5,10,14-15,19,22-24,28,39,41-42,44-45H,6-9,11-13,33H2,1-3H3,(H,34,43)(H,35,46)(H,51,52)(H,53,54)(H2,32,36,37)(H2,48,49,50)/t19?,22?,23?,24?,28?,31-/m0/s1. The summed E-state index contributed by atoms with van der Waals surface area (Å²) in [7, 11) is -16.5. The van der Waals surface area contributed by atoms with E-state index in [-0.39, 0.29) is 65.3 Å². The number of nitrogens with two attached hydrogens (primary N) is 2. The number of anilines is 1. The Morgan fingerprint density at radius 1 is 1.00 bits per heavy atom. The first-order chi connectivity index (χ1) is 29.2. The fourth-order valence-corrected chi connectivity index (χ4v) is 9.37. The number of aromatic nitrogens is 4. The van der Waals surface area contributed by atoms with Gasteiger partial charge in [-0.25, -0.2) is 34.1 Å². The zero-order valence-corrected chi connectivity index (χ0v) is 37.0. The molecule has 28 nitrogen and oxygen atoms in total. The third kappa shape index (κ3) is 14.4. The van der Waals surface area contributed by atoms with Gasteiger partial charge in [-0.3, -0.25) is 38.4 Å². The van der Waals surface area contributed by atoms with Crippen molar-refractivity contribution in [2.45, 2.75) is 69.8 Å². The second-order valence-corrected chi connectivity index (χ2v) is 20.0. The van der Waals surface area contributed by atoms with E-state index in [0.717, 1.165) is 29.0 Å². The Morgan fingerprint density at radius 2 is 1.68 bits per heavy atom. The quantitative estimate of drug-likeness (QED) is 0.0170. The number of aromatic hydroxyl groups is 2. The average molecular weight is 976 g/mol. The molecule has 4 rings (SSSR count). The number of fused-ring (bicyclic) bond motifs is 1. The third-order valence-electron chi connectivity index (χ3n) is 9.10. The summed E-state index contributed by atoms with van der Waals surface area (Å²) in [6.07, 6.45) is -7.08. The van der Waals surface area contributed by atoms with Crippen molar-refractivity contribution in [2.75, 3.05) is 37.8 Å². The lowest BCUT2D eigenvalue weighted by molar-refractivity contribution is -0.137. The lowest BCUT2D eigenvalue weighted by Gasteiger charge is -2.30. The molecule has 2 amide bonds. The first-order valence-corrected chi connectivity index (χ1v) is 23.7. The highest BCUT2D eigenvalue weighted by Gasteiger charge is 2.50. The summed E-state index contributed by atoms with van der Waals surface area (Å²) in [6.45, 7) is 1.69. The number of benzene rings is 1.